The lowest BCUT2D eigenvalue weighted by Gasteiger charge is -2.22. The van der Waals surface area contributed by atoms with Crippen molar-refractivity contribution in [3.63, 3.8) is 0 Å². The number of benzene rings is 1. The Morgan fingerprint density at radius 1 is 1.23 bits per heavy atom. The van der Waals surface area contributed by atoms with E-state index in [1.54, 1.807) is 25.1 Å². The van der Waals surface area contributed by atoms with Crippen LogP contribution in [0.2, 0.25) is 10.0 Å². The van der Waals surface area contributed by atoms with E-state index in [0.29, 0.717) is 28.7 Å². The van der Waals surface area contributed by atoms with Crippen molar-refractivity contribution in [2.45, 2.75) is 26.4 Å². The Labute approximate surface area is 140 Å². The maximum absolute atomic E-state index is 12.2. The topological polar surface area (TPSA) is 69.6 Å². The minimum absolute atomic E-state index is 0.0216. The molecule has 1 aromatic carbocycles. The summed E-state index contributed by atoms with van der Waals surface area (Å²) in [5.41, 5.74) is 0.472. The number of amides is 2. The van der Waals surface area contributed by atoms with Crippen LogP contribution < -0.4 is 5.32 Å². The van der Waals surface area contributed by atoms with Crippen molar-refractivity contribution in [3.8, 4) is 0 Å². The molecule has 22 heavy (non-hydrogen) atoms. The summed E-state index contributed by atoms with van der Waals surface area (Å²) in [5.74, 6) is -0.532. The predicted molar refractivity (Wildman–Crippen MR) is 87.0 cm³/mol. The van der Waals surface area contributed by atoms with Gasteiger partial charge in [0.25, 0.3) is 0 Å². The Morgan fingerprint density at radius 2 is 1.82 bits per heavy atom. The summed E-state index contributed by atoms with van der Waals surface area (Å²) in [6.07, 6.45) is -1.16. The molecular weight excluding hydrogens is 327 g/mol. The first kappa shape index (κ1) is 18.7. The number of likely N-dealkylation sites (N-methyl/N-ethyl adjacent to an activating group) is 2. The van der Waals surface area contributed by atoms with Crippen molar-refractivity contribution in [2.24, 2.45) is 0 Å². The van der Waals surface area contributed by atoms with E-state index in [4.69, 9.17) is 23.2 Å². The third kappa shape index (κ3) is 5.83. The zero-order chi connectivity index (χ0) is 16.7. The number of hydrogen-bond acceptors (Lipinski definition) is 3. The standard InChI is InChI=1S/C15H20Cl2N2O3/c1-3-18-14(21)9-19(4-2)15(22)8-13(20)10-5-11(16)7-12(17)6-10/h5-7,13,20H,3-4,8-9H2,1-2H3,(H,18,21). The number of nitrogens with one attached hydrogen (secondary N) is 1. The fraction of sp³-hybridized carbons (Fsp3) is 0.467. The van der Waals surface area contributed by atoms with Gasteiger partial charge in [0.2, 0.25) is 11.8 Å². The lowest BCUT2D eigenvalue weighted by molar-refractivity contribution is -0.137. The van der Waals surface area contributed by atoms with Crippen molar-refractivity contribution >= 4 is 35.0 Å². The van der Waals surface area contributed by atoms with Crippen LogP contribution in [-0.4, -0.2) is 41.5 Å². The second kappa shape index (κ2) is 8.98. The molecule has 0 saturated carbocycles. The third-order valence-corrected chi connectivity index (χ3v) is 3.52. The molecule has 0 aliphatic rings. The van der Waals surface area contributed by atoms with E-state index in [2.05, 4.69) is 5.32 Å². The molecule has 0 heterocycles. The van der Waals surface area contributed by atoms with Gasteiger partial charge in [-0.2, -0.15) is 0 Å². The molecule has 1 aromatic rings. The van der Waals surface area contributed by atoms with Gasteiger partial charge in [0.1, 0.15) is 0 Å². The van der Waals surface area contributed by atoms with Crippen LogP contribution >= 0.6 is 23.2 Å². The summed E-state index contributed by atoms with van der Waals surface area (Å²) in [6.45, 7) is 4.46. The summed E-state index contributed by atoms with van der Waals surface area (Å²) < 4.78 is 0. The van der Waals surface area contributed by atoms with Gasteiger partial charge < -0.3 is 15.3 Å². The molecule has 0 spiro atoms. The average Bonchev–Trinajstić information content (AvgIpc) is 2.43. The Balaban J connectivity index is 2.70. The van der Waals surface area contributed by atoms with Crippen molar-refractivity contribution < 1.29 is 14.7 Å². The highest BCUT2D eigenvalue weighted by molar-refractivity contribution is 6.34. The lowest BCUT2D eigenvalue weighted by Crippen LogP contribution is -2.41. The number of carbonyl (C=O) groups excluding carboxylic acids is 2. The molecule has 1 atom stereocenters. The summed E-state index contributed by atoms with van der Waals surface area (Å²) in [6, 6.07) is 4.67. The number of hydrogen-bond donors (Lipinski definition) is 2. The van der Waals surface area contributed by atoms with Gasteiger partial charge in [-0.25, -0.2) is 0 Å². The summed E-state index contributed by atoms with van der Waals surface area (Å²) >= 11 is 11.8. The number of halogens is 2. The number of carbonyl (C=O) groups is 2. The molecule has 0 bridgehead atoms. The smallest absolute Gasteiger partial charge is 0.239 e. The van der Waals surface area contributed by atoms with E-state index in [9.17, 15) is 14.7 Å². The zero-order valence-corrected chi connectivity index (χ0v) is 14.1. The number of aliphatic hydroxyl groups is 1. The molecule has 1 unspecified atom stereocenters. The van der Waals surface area contributed by atoms with Gasteiger partial charge in [-0.15, -0.1) is 0 Å². The molecule has 0 aromatic heterocycles. The highest BCUT2D eigenvalue weighted by atomic mass is 35.5. The third-order valence-electron chi connectivity index (χ3n) is 3.08. The first-order valence-corrected chi connectivity index (χ1v) is 7.81. The van der Waals surface area contributed by atoms with Crippen LogP contribution in [0.3, 0.4) is 0 Å². The van der Waals surface area contributed by atoms with Crippen molar-refractivity contribution in [1.82, 2.24) is 10.2 Å². The molecule has 2 amide bonds. The first-order chi connectivity index (χ1) is 10.4. The van der Waals surface area contributed by atoms with Gasteiger partial charge in [-0.1, -0.05) is 23.2 Å². The van der Waals surface area contributed by atoms with Crippen LogP contribution in [0.15, 0.2) is 18.2 Å². The Morgan fingerprint density at radius 3 is 2.32 bits per heavy atom. The molecule has 0 aliphatic heterocycles. The van der Waals surface area contributed by atoms with Gasteiger partial charge in [-0.05, 0) is 37.6 Å². The maximum Gasteiger partial charge on any atom is 0.239 e. The van der Waals surface area contributed by atoms with Gasteiger partial charge in [0, 0.05) is 23.1 Å². The SMILES string of the molecule is CCNC(=O)CN(CC)C(=O)CC(O)c1cc(Cl)cc(Cl)c1. The molecule has 2 N–H and O–H groups in total. The van der Waals surface area contributed by atoms with E-state index < -0.39 is 6.10 Å². The first-order valence-electron chi connectivity index (χ1n) is 7.05. The Bertz CT molecular complexity index is 517. The van der Waals surface area contributed by atoms with Gasteiger partial charge in [-0.3, -0.25) is 9.59 Å². The molecule has 5 nitrogen and oxygen atoms in total. The van der Waals surface area contributed by atoms with Crippen molar-refractivity contribution in [2.75, 3.05) is 19.6 Å². The molecule has 122 valence electrons. The maximum atomic E-state index is 12.2. The predicted octanol–water partition coefficient (Wildman–Crippen LogP) is 2.40. The van der Waals surface area contributed by atoms with Crippen LogP contribution in [0.25, 0.3) is 0 Å². The van der Waals surface area contributed by atoms with E-state index in [-0.39, 0.29) is 24.8 Å². The lowest BCUT2D eigenvalue weighted by atomic mass is 10.1. The van der Waals surface area contributed by atoms with Crippen LogP contribution in [0, 0.1) is 0 Å². The van der Waals surface area contributed by atoms with E-state index in [1.165, 1.54) is 4.90 Å². The second-order valence-electron chi connectivity index (χ2n) is 4.78. The molecule has 1 rings (SSSR count). The quantitative estimate of drug-likeness (QED) is 0.796. The number of rotatable bonds is 7. The van der Waals surface area contributed by atoms with Crippen LogP contribution in [-0.2, 0) is 9.59 Å². The minimum Gasteiger partial charge on any atom is -0.388 e. The molecular formula is C15H20Cl2N2O3. The monoisotopic (exact) mass is 346 g/mol. The minimum atomic E-state index is -1.02. The summed E-state index contributed by atoms with van der Waals surface area (Å²) in [7, 11) is 0. The van der Waals surface area contributed by atoms with Crippen LogP contribution in [0.5, 0.6) is 0 Å². The van der Waals surface area contributed by atoms with Gasteiger partial charge >= 0.3 is 0 Å². The largest absolute Gasteiger partial charge is 0.388 e. The molecule has 0 fully saturated rings. The Kier molecular flexibility index (Phi) is 7.65. The van der Waals surface area contributed by atoms with Crippen LogP contribution in [0.1, 0.15) is 31.9 Å². The fourth-order valence-corrected chi connectivity index (χ4v) is 2.53. The van der Waals surface area contributed by atoms with Crippen molar-refractivity contribution in [1.29, 1.82) is 0 Å². The number of nitrogens with zero attached hydrogens (tertiary/aromatic N) is 1. The molecule has 7 heteroatoms. The highest BCUT2D eigenvalue weighted by Gasteiger charge is 2.20. The van der Waals surface area contributed by atoms with E-state index in [0.717, 1.165) is 0 Å². The highest BCUT2D eigenvalue weighted by Crippen LogP contribution is 2.25. The molecule has 0 aliphatic carbocycles. The van der Waals surface area contributed by atoms with E-state index in [1.807, 2.05) is 6.92 Å². The normalized spacial score (nSPS) is 11.9. The number of aliphatic hydroxyl groups excluding tert-OH is 1. The van der Waals surface area contributed by atoms with E-state index >= 15 is 0 Å². The van der Waals surface area contributed by atoms with Crippen LogP contribution in [0.4, 0.5) is 0 Å². The van der Waals surface area contributed by atoms with Gasteiger partial charge in [0.05, 0.1) is 19.1 Å². The van der Waals surface area contributed by atoms with Crippen molar-refractivity contribution in [3.05, 3.63) is 33.8 Å². The fourth-order valence-electron chi connectivity index (χ4n) is 1.98. The summed E-state index contributed by atoms with van der Waals surface area (Å²) in [5, 5.41) is 13.6. The Hall–Kier alpha value is -1.30. The zero-order valence-electron chi connectivity index (χ0n) is 12.6. The second-order valence-corrected chi connectivity index (χ2v) is 5.66. The van der Waals surface area contributed by atoms with Gasteiger partial charge in [0.15, 0.2) is 0 Å². The average molecular weight is 347 g/mol. The molecule has 0 saturated heterocycles. The molecule has 0 radical (unpaired) electrons. The summed E-state index contributed by atoms with van der Waals surface area (Å²) in [4.78, 5) is 25.1.